The minimum atomic E-state index is -0.561. The van der Waals surface area contributed by atoms with Crippen molar-refractivity contribution in [3.63, 3.8) is 0 Å². The molecular formula is C25H31N5O3. The summed E-state index contributed by atoms with van der Waals surface area (Å²) in [6.07, 6.45) is 6.95. The largest absolute Gasteiger partial charge is 0.322 e. The molecule has 8 heteroatoms. The average molecular weight is 450 g/mol. The molecule has 2 saturated heterocycles. The number of nitrogens with zero attached hydrogens (tertiary/aromatic N) is 4. The number of carbonyl (C=O) groups is 3. The first-order chi connectivity index (χ1) is 15.9. The molecule has 0 saturated carbocycles. The van der Waals surface area contributed by atoms with Gasteiger partial charge in [-0.05, 0) is 69.3 Å². The van der Waals surface area contributed by atoms with Gasteiger partial charge in [-0.25, -0.2) is 0 Å². The summed E-state index contributed by atoms with van der Waals surface area (Å²) in [4.78, 5) is 40.8. The van der Waals surface area contributed by atoms with Crippen molar-refractivity contribution in [1.82, 2.24) is 24.9 Å². The van der Waals surface area contributed by atoms with Crippen LogP contribution in [0.15, 0.2) is 30.6 Å². The van der Waals surface area contributed by atoms with Crippen LogP contribution < -0.4 is 5.32 Å². The van der Waals surface area contributed by atoms with Crippen molar-refractivity contribution in [2.75, 3.05) is 13.1 Å². The average Bonchev–Trinajstić information content (AvgIpc) is 3.39. The second kappa shape index (κ2) is 8.74. The Labute approximate surface area is 193 Å². The first kappa shape index (κ1) is 21.8. The van der Waals surface area contributed by atoms with Crippen molar-refractivity contribution in [1.29, 1.82) is 0 Å². The van der Waals surface area contributed by atoms with Gasteiger partial charge >= 0.3 is 0 Å². The zero-order chi connectivity index (χ0) is 23.1. The van der Waals surface area contributed by atoms with Gasteiger partial charge in [-0.1, -0.05) is 12.1 Å². The molecule has 5 rings (SSSR count). The van der Waals surface area contributed by atoms with Crippen LogP contribution in [-0.2, 0) is 22.7 Å². The van der Waals surface area contributed by atoms with Gasteiger partial charge in [0.2, 0.25) is 11.8 Å². The number of rotatable bonds is 5. The van der Waals surface area contributed by atoms with Gasteiger partial charge in [-0.3, -0.25) is 29.3 Å². The van der Waals surface area contributed by atoms with Crippen LogP contribution >= 0.6 is 0 Å². The molecule has 0 radical (unpaired) electrons. The van der Waals surface area contributed by atoms with Crippen LogP contribution in [0.1, 0.15) is 78.5 Å². The highest BCUT2D eigenvalue weighted by Crippen LogP contribution is 2.34. The quantitative estimate of drug-likeness (QED) is 0.709. The number of aromatic nitrogens is 2. The van der Waals surface area contributed by atoms with Crippen LogP contribution in [-0.4, -0.2) is 56.4 Å². The first-order valence-corrected chi connectivity index (χ1v) is 11.9. The van der Waals surface area contributed by atoms with Gasteiger partial charge in [0.05, 0.1) is 6.20 Å². The van der Waals surface area contributed by atoms with Crippen molar-refractivity contribution < 1.29 is 14.4 Å². The first-order valence-electron chi connectivity index (χ1n) is 11.9. The Bertz CT molecular complexity index is 1080. The van der Waals surface area contributed by atoms with Crippen molar-refractivity contribution in [3.8, 4) is 0 Å². The normalized spacial score (nSPS) is 22.2. The molecule has 1 aromatic heterocycles. The van der Waals surface area contributed by atoms with E-state index in [9.17, 15) is 14.4 Å². The summed E-state index contributed by atoms with van der Waals surface area (Å²) in [6, 6.07) is 5.98. The summed E-state index contributed by atoms with van der Waals surface area (Å²) in [5.74, 6) is -0.255. The third-order valence-corrected chi connectivity index (χ3v) is 7.20. The van der Waals surface area contributed by atoms with Gasteiger partial charge < -0.3 is 4.90 Å². The number of fused-ring (bicyclic) bond motifs is 1. The lowest BCUT2D eigenvalue weighted by Crippen LogP contribution is -2.52. The SMILES string of the molecule is CC(C)n1cc(CN2CCC(c3ccc4c(c3)CN(C3CCC(=O)NC3=O)C4=O)CC2)cn1. The lowest BCUT2D eigenvalue weighted by molar-refractivity contribution is -0.136. The third kappa shape index (κ3) is 4.31. The number of hydrogen-bond donors (Lipinski definition) is 1. The highest BCUT2D eigenvalue weighted by atomic mass is 16.2. The standard InChI is InChI=1S/C25H31N5O3/c1-16(2)30-14-17(12-26-30)13-28-9-7-18(8-10-28)19-3-4-21-20(11-19)15-29(25(21)33)22-5-6-23(31)27-24(22)32/h3-4,11-12,14,16,18,22H,5-10,13,15H2,1-2H3,(H,27,31,32). The molecule has 3 aliphatic heterocycles. The Morgan fingerprint density at radius 2 is 1.91 bits per heavy atom. The number of benzene rings is 1. The van der Waals surface area contributed by atoms with Crippen LogP contribution in [0.2, 0.25) is 0 Å². The summed E-state index contributed by atoms with van der Waals surface area (Å²) in [6.45, 7) is 7.71. The van der Waals surface area contributed by atoms with Gasteiger partial charge in [-0.15, -0.1) is 0 Å². The van der Waals surface area contributed by atoms with E-state index in [2.05, 4.69) is 47.5 Å². The molecule has 1 aromatic carbocycles. The molecule has 3 aliphatic rings. The Morgan fingerprint density at radius 1 is 1.12 bits per heavy atom. The van der Waals surface area contributed by atoms with Crippen LogP contribution in [0.3, 0.4) is 0 Å². The molecule has 1 N–H and O–H groups in total. The molecule has 0 spiro atoms. The van der Waals surface area contributed by atoms with Crippen molar-refractivity contribution in [2.24, 2.45) is 0 Å². The van der Waals surface area contributed by atoms with Gasteiger partial charge in [0.1, 0.15) is 6.04 Å². The van der Waals surface area contributed by atoms with E-state index >= 15 is 0 Å². The van der Waals surface area contributed by atoms with Crippen LogP contribution in [0.4, 0.5) is 0 Å². The third-order valence-electron chi connectivity index (χ3n) is 7.20. The molecule has 0 aliphatic carbocycles. The lowest BCUT2D eigenvalue weighted by atomic mass is 9.88. The second-order valence-corrected chi connectivity index (χ2v) is 9.79. The van der Waals surface area contributed by atoms with Crippen molar-refractivity contribution in [3.05, 3.63) is 52.8 Å². The summed E-state index contributed by atoms with van der Waals surface area (Å²) >= 11 is 0. The number of amides is 3. The summed E-state index contributed by atoms with van der Waals surface area (Å²) in [5, 5.41) is 6.81. The highest BCUT2D eigenvalue weighted by molar-refractivity contribution is 6.05. The van der Waals surface area contributed by atoms with E-state index in [0.29, 0.717) is 30.5 Å². The van der Waals surface area contributed by atoms with E-state index in [4.69, 9.17) is 0 Å². The molecule has 8 nitrogen and oxygen atoms in total. The fourth-order valence-corrected chi connectivity index (χ4v) is 5.27. The molecule has 3 amide bonds. The Balaban J connectivity index is 1.21. The highest BCUT2D eigenvalue weighted by Gasteiger charge is 2.39. The lowest BCUT2D eigenvalue weighted by Gasteiger charge is -2.32. The monoisotopic (exact) mass is 449 g/mol. The number of imide groups is 1. The predicted molar refractivity (Wildman–Crippen MR) is 122 cm³/mol. The molecule has 4 heterocycles. The topological polar surface area (TPSA) is 87.5 Å². The van der Waals surface area contributed by atoms with Crippen LogP contribution in [0.25, 0.3) is 0 Å². The summed E-state index contributed by atoms with van der Waals surface area (Å²) < 4.78 is 2.01. The maximum absolute atomic E-state index is 12.9. The summed E-state index contributed by atoms with van der Waals surface area (Å²) in [7, 11) is 0. The van der Waals surface area contributed by atoms with E-state index in [1.165, 1.54) is 11.1 Å². The van der Waals surface area contributed by atoms with Gasteiger partial charge in [0.15, 0.2) is 0 Å². The maximum atomic E-state index is 12.9. The van der Waals surface area contributed by atoms with E-state index in [1.807, 2.05) is 16.9 Å². The zero-order valence-corrected chi connectivity index (χ0v) is 19.3. The Hall–Kier alpha value is -3.00. The molecule has 2 aromatic rings. The van der Waals surface area contributed by atoms with E-state index in [0.717, 1.165) is 38.0 Å². The van der Waals surface area contributed by atoms with Gasteiger partial charge in [0, 0.05) is 42.9 Å². The smallest absolute Gasteiger partial charge is 0.255 e. The van der Waals surface area contributed by atoms with Crippen LogP contribution in [0, 0.1) is 0 Å². The summed E-state index contributed by atoms with van der Waals surface area (Å²) in [5.41, 5.74) is 4.21. The minimum absolute atomic E-state index is 0.109. The fourth-order valence-electron chi connectivity index (χ4n) is 5.27. The molecular weight excluding hydrogens is 418 g/mol. The number of carbonyl (C=O) groups excluding carboxylic acids is 3. The molecule has 174 valence electrons. The van der Waals surface area contributed by atoms with Gasteiger partial charge in [0.25, 0.3) is 5.91 Å². The Kier molecular flexibility index (Phi) is 5.78. The maximum Gasteiger partial charge on any atom is 0.255 e. The number of piperidine rings is 2. The number of likely N-dealkylation sites (tertiary alicyclic amines) is 1. The van der Waals surface area contributed by atoms with Crippen molar-refractivity contribution in [2.45, 2.75) is 70.6 Å². The minimum Gasteiger partial charge on any atom is -0.322 e. The van der Waals surface area contributed by atoms with Gasteiger partial charge in [-0.2, -0.15) is 5.10 Å². The second-order valence-electron chi connectivity index (χ2n) is 9.79. The van der Waals surface area contributed by atoms with E-state index < -0.39 is 6.04 Å². The molecule has 0 bridgehead atoms. The number of nitrogens with one attached hydrogen (secondary N) is 1. The Morgan fingerprint density at radius 3 is 2.61 bits per heavy atom. The molecule has 2 fully saturated rings. The molecule has 33 heavy (non-hydrogen) atoms. The van der Waals surface area contributed by atoms with E-state index in [-0.39, 0.29) is 24.1 Å². The number of hydrogen-bond acceptors (Lipinski definition) is 5. The fraction of sp³-hybridized carbons (Fsp3) is 0.520. The predicted octanol–water partition coefficient (Wildman–Crippen LogP) is 2.60. The van der Waals surface area contributed by atoms with E-state index in [1.54, 1.807) is 4.90 Å². The zero-order valence-electron chi connectivity index (χ0n) is 19.3. The van der Waals surface area contributed by atoms with Crippen LogP contribution in [0.5, 0.6) is 0 Å². The molecule has 1 unspecified atom stereocenters. The molecule has 1 atom stereocenters. The van der Waals surface area contributed by atoms with Crippen molar-refractivity contribution >= 4 is 17.7 Å².